The summed E-state index contributed by atoms with van der Waals surface area (Å²) < 4.78 is 0. The third kappa shape index (κ3) is 5.65. The molecule has 0 bridgehead atoms. The third-order valence-electron chi connectivity index (χ3n) is 2.77. The van der Waals surface area contributed by atoms with E-state index in [-0.39, 0.29) is 5.91 Å². The summed E-state index contributed by atoms with van der Waals surface area (Å²) in [6, 6.07) is 8.46. The molecule has 5 heteroatoms. The molecule has 1 aromatic rings. The Morgan fingerprint density at radius 3 is 2.15 bits per heavy atom. The maximum atomic E-state index is 11.7. The molecule has 0 aliphatic heterocycles. The van der Waals surface area contributed by atoms with E-state index in [4.69, 9.17) is 0 Å². The fourth-order valence-electron chi connectivity index (χ4n) is 1.61. The minimum Gasteiger partial charge on any atom is -0.356 e. The molecule has 0 unspecified atom stereocenters. The van der Waals surface area contributed by atoms with Crippen LogP contribution in [0.25, 0.3) is 0 Å². The maximum Gasteiger partial charge on any atom is 0.292 e. The Labute approximate surface area is 118 Å². The monoisotopic (exact) mass is 276 g/mol. The lowest BCUT2D eigenvalue weighted by atomic mass is 10.1. The van der Waals surface area contributed by atoms with Gasteiger partial charge in [-0.3, -0.25) is 14.4 Å². The summed E-state index contributed by atoms with van der Waals surface area (Å²) in [7, 11) is 0. The van der Waals surface area contributed by atoms with Crippen molar-refractivity contribution in [3.63, 3.8) is 0 Å². The van der Waals surface area contributed by atoms with E-state index in [0.717, 1.165) is 12.8 Å². The maximum absolute atomic E-state index is 11.7. The van der Waals surface area contributed by atoms with Crippen LogP contribution in [0.3, 0.4) is 0 Å². The molecule has 0 aromatic heterocycles. The molecule has 0 radical (unpaired) electrons. The molecule has 0 spiro atoms. The largest absolute Gasteiger partial charge is 0.356 e. The van der Waals surface area contributed by atoms with Crippen molar-refractivity contribution in [2.75, 3.05) is 13.1 Å². The van der Waals surface area contributed by atoms with Gasteiger partial charge < -0.3 is 10.6 Å². The van der Waals surface area contributed by atoms with Gasteiger partial charge in [-0.15, -0.1) is 0 Å². The van der Waals surface area contributed by atoms with Crippen LogP contribution >= 0.6 is 0 Å². The Balaban J connectivity index is 2.17. The molecular formula is C15H20N2O3. The highest BCUT2D eigenvalue weighted by atomic mass is 16.2. The van der Waals surface area contributed by atoms with Gasteiger partial charge in [-0.25, -0.2) is 0 Å². The van der Waals surface area contributed by atoms with E-state index in [9.17, 15) is 14.4 Å². The van der Waals surface area contributed by atoms with Crippen molar-refractivity contribution in [1.82, 2.24) is 10.6 Å². The van der Waals surface area contributed by atoms with E-state index in [2.05, 4.69) is 10.6 Å². The summed E-state index contributed by atoms with van der Waals surface area (Å²) in [5.41, 5.74) is 0.389. The van der Waals surface area contributed by atoms with Crippen molar-refractivity contribution in [3.05, 3.63) is 35.9 Å². The second-order valence-corrected chi connectivity index (χ2v) is 4.36. The van der Waals surface area contributed by atoms with Crippen LogP contribution in [0.15, 0.2) is 30.3 Å². The van der Waals surface area contributed by atoms with Crippen LogP contribution < -0.4 is 10.6 Å². The number of hydrogen-bond donors (Lipinski definition) is 2. The lowest BCUT2D eigenvalue weighted by Crippen LogP contribution is -2.32. The molecule has 1 rings (SSSR count). The van der Waals surface area contributed by atoms with Crippen LogP contribution in [0.5, 0.6) is 0 Å². The van der Waals surface area contributed by atoms with E-state index in [1.807, 2.05) is 0 Å². The van der Waals surface area contributed by atoms with Gasteiger partial charge in [0.05, 0.1) is 0 Å². The van der Waals surface area contributed by atoms with Crippen LogP contribution in [0.1, 0.15) is 36.5 Å². The van der Waals surface area contributed by atoms with Crippen LogP contribution in [-0.4, -0.2) is 30.7 Å². The first kappa shape index (κ1) is 15.9. The summed E-state index contributed by atoms with van der Waals surface area (Å²) in [4.78, 5) is 34.3. The van der Waals surface area contributed by atoms with E-state index < -0.39 is 11.7 Å². The Morgan fingerprint density at radius 2 is 1.55 bits per heavy atom. The minimum absolute atomic E-state index is 0.0216. The van der Waals surface area contributed by atoms with Crippen molar-refractivity contribution in [1.29, 1.82) is 0 Å². The van der Waals surface area contributed by atoms with Gasteiger partial charge >= 0.3 is 0 Å². The second-order valence-electron chi connectivity index (χ2n) is 4.36. The van der Waals surface area contributed by atoms with Gasteiger partial charge in [0.1, 0.15) is 0 Å². The van der Waals surface area contributed by atoms with Gasteiger partial charge in [-0.1, -0.05) is 37.3 Å². The summed E-state index contributed by atoms with van der Waals surface area (Å²) in [5.74, 6) is -1.09. The summed E-state index contributed by atoms with van der Waals surface area (Å²) >= 11 is 0. The Kier molecular flexibility index (Phi) is 7.03. The lowest BCUT2D eigenvalue weighted by molar-refractivity contribution is -0.121. The smallest absolute Gasteiger partial charge is 0.292 e. The quantitative estimate of drug-likeness (QED) is 0.427. The number of amides is 2. The topological polar surface area (TPSA) is 75.3 Å². The number of carbonyl (C=O) groups is 3. The van der Waals surface area contributed by atoms with E-state index in [1.54, 1.807) is 37.3 Å². The zero-order chi connectivity index (χ0) is 14.8. The molecule has 0 heterocycles. The zero-order valence-corrected chi connectivity index (χ0v) is 11.6. The van der Waals surface area contributed by atoms with E-state index in [1.165, 1.54) is 0 Å². The number of carbonyl (C=O) groups excluding carboxylic acids is 3. The first-order valence-corrected chi connectivity index (χ1v) is 6.79. The van der Waals surface area contributed by atoms with Crippen molar-refractivity contribution < 1.29 is 14.4 Å². The fraction of sp³-hybridized carbons (Fsp3) is 0.400. The standard InChI is InChI=1S/C15H20N2O3/c1-2-13(18)16-10-6-7-11-17-15(20)14(19)12-8-4-3-5-9-12/h3-5,8-9H,2,6-7,10-11H2,1H3,(H,16,18)(H,17,20). The zero-order valence-electron chi connectivity index (χ0n) is 11.6. The van der Waals surface area contributed by atoms with Crippen molar-refractivity contribution >= 4 is 17.6 Å². The number of Topliss-reactive ketones (excluding diaryl/α,β-unsaturated/α-hetero) is 1. The fourth-order valence-corrected chi connectivity index (χ4v) is 1.61. The van der Waals surface area contributed by atoms with Gasteiger partial charge in [0.2, 0.25) is 11.7 Å². The van der Waals surface area contributed by atoms with Crippen LogP contribution in [-0.2, 0) is 9.59 Å². The molecule has 1 aromatic carbocycles. The Bertz CT molecular complexity index is 457. The average Bonchev–Trinajstić information content (AvgIpc) is 2.50. The molecule has 0 atom stereocenters. The molecule has 0 saturated heterocycles. The van der Waals surface area contributed by atoms with Crippen LogP contribution in [0.2, 0.25) is 0 Å². The summed E-state index contributed by atoms with van der Waals surface area (Å²) in [6.45, 7) is 2.82. The van der Waals surface area contributed by atoms with E-state index in [0.29, 0.717) is 25.1 Å². The first-order valence-electron chi connectivity index (χ1n) is 6.79. The third-order valence-corrected chi connectivity index (χ3v) is 2.77. The normalized spacial score (nSPS) is 9.85. The van der Waals surface area contributed by atoms with Gasteiger partial charge in [0.25, 0.3) is 5.91 Å². The van der Waals surface area contributed by atoms with Gasteiger partial charge in [0, 0.05) is 25.1 Å². The summed E-state index contributed by atoms with van der Waals surface area (Å²) in [6.07, 6.45) is 1.96. The highest BCUT2D eigenvalue weighted by Crippen LogP contribution is 1.99. The van der Waals surface area contributed by atoms with Crippen LogP contribution in [0.4, 0.5) is 0 Å². The van der Waals surface area contributed by atoms with Crippen molar-refractivity contribution in [2.45, 2.75) is 26.2 Å². The predicted octanol–water partition coefficient (Wildman–Crippen LogP) is 1.29. The first-order chi connectivity index (χ1) is 9.65. The molecule has 2 N–H and O–H groups in total. The molecule has 0 fully saturated rings. The second kappa shape index (κ2) is 8.85. The molecule has 20 heavy (non-hydrogen) atoms. The van der Waals surface area contributed by atoms with Gasteiger partial charge in [-0.2, -0.15) is 0 Å². The number of nitrogens with one attached hydrogen (secondary N) is 2. The molecule has 2 amide bonds. The minimum atomic E-state index is -0.589. The SMILES string of the molecule is CCC(=O)NCCCCNC(=O)C(=O)c1ccccc1. The number of rotatable bonds is 8. The number of benzene rings is 1. The van der Waals surface area contributed by atoms with Gasteiger partial charge in [0.15, 0.2) is 0 Å². The number of hydrogen-bond acceptors (Lipinski definition) is 3. The molecule has 0 aliphatic rings. The Hall–Kier alpha value is -2.17. The van der Waals surface area contributed by atoms with Crippen LogP contribution in [0, 0.1) is 0 Å². The molecule has 0 aliphatic carbocycles. The molecule has 0 saturated carbocycles. The van der Waals surface area contributed by atoms with Crippen molar-refractivity contribution in [3.8, 4) is 0 Å². The number of unbranched alkanes of at least 4 members (excludes halogenated alkanes) is 1. The average molecular weight is 276 g/mol. The molecule has 108 valence electrons. The highest BCUT2D eigenvalue weighted by molar-refractivity contribution is 6.42. The van der Waals surface area contributed by atoms with Gasteiger partial charge in [-0.05, 0) is 12.8 Å². The lowest BCUT2D eigenvalue weighted by Gasteiger charge is -2.05. The predicted molar refractivity (Wildman–Crippen MR) is 76.3 cm³/mol. The highest BCUT2D eigenvalue weighted by Gasteiger charge is 2.14. The molecular weight excluding hydrogens is 256 g/mol. The van der Waals surface area contributed by atoms with E-state index >= 15 is 0 Å². The Morgan fingerprint density at radius 1 is 0.950 bits per heavy atom. The molecule has 5 nitrogen and oxygen atoms in total. The number of ketones is 1. The summed E-state index contributed by atoms with van der Waals surface area (Å²) in [5, 5.41) is 5.33. The van der Waals surface area contributed by atoms with Crippen molar-refractivity contribution in [2.24, 2.45) is 0 Å².